The first-order valence-electron chi connectivity index (χ1n) is 6.45. The molecule has 22 heavy (non-hydrogen) atoms. The van der Waals surface area contributed by atoms with Gasteiger partial charge in [0.25, 0.3) is 0 Å². The third kappa shape index (κ3) is 4.70. The standard InChI is InChI=1S/C15H13N3S.CO2/c1-2-4-13(5-3-1)14-8-6-12(7-9-14)11-19-15-10-16-18-17-15;2-1-3/h1-10H,11H2,(H,16,17,18);. The molecule has 1 heterocycles. The van der Waals surface area contributed by atoms with E-state index >= 15 is 0 Å². The molecule has 0 saturated carbocycles. The highest BCUT2D eigenvalue weighted by molar-refractivity contribution is 7.98. The van der Waals surface area contributed by atoms with Crippen LogP contribution in [0.15, 0.2) is 65.8 Å². The summed E-state index contributed by atoms with van der Waals surface area (Å²) in [4.78, 5) is 16.2. The van der Waals surface area contributed by atoms with Gasteiger partial charge in [-0.15, -0.1) is 5.10 Å². The largest absolute Gasteiger partial charge is 0.373 e. The van der Waals surface area contributed by atoms with Gasteiger partial charge in [0.15, 0.2) is 0 Å². The SMILES string of the molecule is O=C=O.c1ccc(-c2ccc(CSc3cn[nH]n3)cc2)cc1. The number of hydrogen-bond donors (Lipinski definition) is 1. The van der Waals surface area contributed by atoms with Crippen LogP contribution in [0.3, 0.4) is 0 Å². The Kier molecular flexibility index (Phi) is 6.11. The highest BCUT2D eigenvalue weighted by Gasteiger charge is 2.00. The van der Waals surface area contributed by atoms with Gasteiger partial charge < -0.3 is 0 Å². The first-order valence-corrected chi connectivity index (χ1v) is 7.44. The Morgan fingerprint density at radius 2 is 1.59 bits per heavy atom. The zero-order valence-electron chi connectivity index (χ0n) is 11.6. The van der Waals surface area contributed by atoms with Gasteiger partial charge in [-0.2, -0.15) is 19.9 Å². The van der Waals surface area contributed by atoms with Crippen molar-refractivity contribution in [3.8, 4) is 11.1 Å². The molecule has 110 valence electrons. The van der Waals surface area contributed by atoms with Gasteiger partial charge in [0.2, 0.25) is 0 Å². The van der Waals surface area contributed by atoms with Crippen molar-refractivity contribution < 1.29 is 9.59 Å². The number of rotatable bonds is 4. The minimum Gasteiger partial charge on any atom is -0.197 e. The topological polar surface area (TPSA) is 75.7 Å². The lowest BCUT2D eigenvalue weighted by Crippen LogP contribution is -1.82. The quantitative estimate of drug-likeness (QED) is 0.749. The first kappa shape index (κ1) is 15.7. The molecule has 5 nitrogen and oxygen atoms in total. The average molecular weight is 311 g/mol. The second-order valence-corrected chi connectivity index (χ2v) is 5.24. The van der Waals surface area contributed by atoms with Crippen molar-refractivity contribution in [1.29, 1.82) is 0 Å². The van der Waals surface area contributed by atoms with Gasteiger partial charge in [0, 0.05) is 5.75 Å². The molecule has 1 aromatic heterocycles. The molecule has 6 heteroatoms. The molecule has 0 aliphatic rings. The molecule has 0 amide bonds. The first-order chi connectivity index (χ1) is 10.8. The minimum absolute atomic E-state index is 0.250. The number of nitrogens with one attached hydrogen (secondary N) is 1. The molecule has 2 aromatic carbocycles. The minimum atomic E-state index is 0.250. The average Bonchev–Trinajstić information content (AvgIpc) is 3.09. The van der Waals surface area contributed by atoms with Crippen molar-refractivity contribution in [2.45, 2.75) is 10.8 Å². The maximum absolute atomic E-state index is 8.12. The van der Waals surface area contributed by atoms with Crippen molar-refractivity contribution in [2.24, 2.45) is 0 Å². The van der Waals surface area contributed by atoms with Crippen molar-refractivity contribution in [3.05, 3.63) is 66.4 Å². The number of benzene rings is 2. The van der Waals surface area contributed by atoms with Gasteiger partial charge in [0.05, 0.1) is 6.20 Å². The van der Waals surface area contributed by atoms with Crippen LogP contribution in [0.25, 0.3) is 11.1 Å². The predicted octanol–water partition coefficient (Wildman–Crippen LogP) is 3.18. The second-order valence-electron chi connectivity index (χ2n) is 4.24. The van der Waals surface area contributed by atoms with E-state index in [9.17, 15) is 0 Å². The van der Waals surface area contributed by atoms with Crippen LogP contribution < -0.4 is 0 Å². The lowest BCUT2D eigenvalue weighted by molar-refractivity contribution is -0.191. The number of carbonyl (C=O) groups excluding carboxylic acids is 2. The molecular formula is C16H13N3O2S. The van der Waals surface area contributed by atoms with Gasteiger partial charge in [-0.1, -0.05) is 66.4 Å². The molecule has 3 rings (SSSR count). The summed E-state index contributed by atoms with van der Waals surface area (Å²) in [6.07, 6.45) is 1.99. The van der Waals surface area contributed by atoms with Crippen LogP contribution in [0.1, 0.15) is 5.56 Å². The lowest BCUT2D eigenvalue weighted by Gasteiger charge is -2.03. The molecule has 0 radical (unpaired) electrons. The Morgan fingerprint density at radius 1 is 0.955 bits per heavy atom. The predicted molar refractivity (Wildman–Crippen MR) is 82.8 cm³/mol. The summed E-state index contributed by atoms with van der Waals surface area (Å²) in [6.45, 7) is 0. The van der Waals surface area contributed by atoms with Gasteiger partial charge in [-0.25, -0.2) is 0 Å². The van der Waals surface area contributed by atoms with E-state index in [1.807, 2.05) is 6.07 Å². The van der Waals surface area contributed by atoms with Crippen LogP contribution >= 0.6 is 11.8 Å². The summed E-state index contributed by atoms with van der Waals surface area (Å²) in [7, 11) is 0. The Morgan fingerprint density at radius 3 is 2.18 bits per heavy atom. The number of aromatic amines is 1. The van der Waals surface area contributed by atoms with E-state index in [1.165, 1.54) is 16.7 Å². The molecule has 1 N–H and O–H groups in total. The van der Waals surface area contributed by atoms with E-state index in [0.29, 0.717) is 0 Å². The summed E-state index contributed by atoms with van der Waals surface area (Å²) in [5.74, 6) is 0.904. The zero-order chi connectivity index (χ0) is 15.6. The van der Waals surface area contributed by atoms with E-state index in [2.05, 4.69) is 63.9 Å². The molecule has 0 spiro atoms. The van der Waals surface area contributed by atoms with Crippen LogP contribution in [-0.4, -0.2) is 21.6 Å². The Balaban J connectivity index is 0.000000545. The molecule has 0 unspecified atom stereocenters. The summed E-state index contributed by atoms with van der Waals surface area (Å²) in [6, 6.07) is 19.0. The van der Waals surface area contributed by atoms with Crippen LogP contribution in [0, 0.1) is 0 Å². The molecular weight excluding hydrogens is 298 g/mol. The summed E-state index contributed by atoms with van der Waals surface area (Å²) in [5, 5.41) is 11.4. The zero-order valence-corrected chi connectivity index (χ0v) is 12.4. The van der Waals surface area contributed by atoms with Crippen LogP contribution in [0.5, 0.6) is 0 Å². The molecule has 0 fully saturated rings. The molecule has 0 atom stereocenters. The molecule has 0 aliphatic heterocycles. The molecule has 0 saturated heterocycles. The summed E-state index contributed by atoms with van der Waals surface area (Å²) >= 11 is 1.68. The number of H-pyrrole nitrogens is 1. The van der Waals surface area contributed by atoms with Crippen molar-refractivity contribution in [3.63, 3.8) is 0 Å². The van der Waals surface area contributed by atoms with Gasteiger partial charge in [-0.3, -0.25) is 0 Å². The number of thioether (sulfide) groups is 1. The van der Waals surface area contributed by atoms with Crippen LogP contribution in [-0.2, 0) is 15.3 Å². The molecule has 0 bridgehead atoms. The summed E-state index contributed by atoms with van der Waals surface area (Å²) in [5.41, 5.74) is 3.78. The van der Waals surface area contributed by atoms with E-state index in [4.69, 9.17) is 9.59 Å². The molecule has 3 aromatic rings. The lowest BCUT2D eigenvalue weighted by atomic mass is 10.0. The monoisotopic (exact) mass is 311 g/mol. The van der Waals surface area contributed by atoms with Crippen molar-refractivity contribution >= 4 is 17.9 Å². The normalized spacial score (nSPS) is 9.45. The number of aromatic nitrogens is 3. The maximum Gasteiger partial charge on any atom is 0.373 e. The third-order valence-electron chi connectivity index (χ3n) is 2.84. The van der Waals surface area contributed by atoms with E-state index in [1.54, 1.807) is 18.0 Å². The van der Waals surface area contributed by atoms with Crippen LogP contribution in [0.2, 0.25) is 0 Å². The fourth-order valence-corrected chi connectivity index (χ4v) is 2.58. The smallest absolute Gasteiger partial charge is 0.197 e. The van der Waals surface area contributed by atoms with Crippen molar-refractivity contribution in [1.82, 2.24) is 15.4 Å². The summed E-state index contributed by atoms with van der Waals surface area (Å²) < 4.78 is 0. The van der Waals surface area contributed by atoms with Gasteiger partial charge >= 0.3 is 6.15 Å². The van der Waals surface area contributed by atoms with E-state index in [0.717, 1.165) is 10.8 Å². The van der Waals surface area contributed by atoms with Gasteiger partial charge in [0.1, 0.15) is 5.03 Å². The molecule has 0 aliphatic carbocycles. The fourth-order valence-electron chi connectivity index (χ4n) is 1.84. The highest BCUT2D eigenvalue weighted by Crippen LogP contribution is 2.23. The number of hydrogen-bond acceptors (Lipinski definition) is 5. The fraction of sp³-hybridized carbons (Fsp3) is 0.0625. The maximum atomic E-state index is 8.12. The van der Waals surface area contributed by atoms with Gasteiger partial charge in [-0.05, 0) is 16.7 Å². The van der Waals surface area contributed by atoms with Crippen LogP contribution in [0.4, 0.5) is 0 Å². The number of nitrogens with zero attached hydrogens (tertiary/aromatic N) is 2. The Labute approximate surface area is 131 Å². The van der Waals surface area contributed by atoms with E-state index < -0.39 is 0 Å². The Bertz CT molecular complexity index is 707. The third-order valence-corrected chi connectivity index (χ3v) is 3.81. The highest BCUT2D eigenvalue weighted by atomic mass is 32.2. The second kappa shape index (κ2) is 8.56. The van der Waals surface area contributed by atoms with Crippen molar-refractivity contribution in [2.75, 3.05) is 0 Å². The Hall–Kier alpha value is -2.69. The van der Waals surface area contributed by atoms with E-state index in [-0.39, 0.29) is 6.15 Å².